The second kappa shape index (κ2) is 5.21. The number of hydrogen-bond acceptors (Lipinski definition) is 3. The Bertz CT molecular complexity index is 739. The number of aromatic nitrogens is 2. The Balaban J connectivity index is 1.73. The van der Waals surface area contributed by atoms with Gasteiger partial charge >= 0.3 is 0 Å². The number of ether oxygens (including phenoxy) is 1. The van der Waals surface area contributed by atoms with Gasteiger partial charge in [0.25, 0.3) is 0 Å². The van der Waals surface area contributed by atoms with Gasteiger partial charge in [-0.1, -0.05) is 6.07 Å². The molecular formula is C15H14FN3O. The van der Waals surface area contributed by atoms with Crippen LogP contribution in [-0.2, 0) is 6.54 Å². The highest BCUT2D eigenvalue weighted by Crippen LogP contribution is 2.20. The number of nitrogens with one attached hydrogen (secondary N) is 2. The highest BCUT2D eigenvalue weighted by molar-refractivity contribution is 5.81. The first-order chi connectivity index (χ1) is 9.76. The fraction of sp³-hybridized carbons (Fsp3) is 0.133. The number of rotatable bonds is 4. The smallest absolute Gasteiger partial charge is 0.165 e. The first-order valence-corrected chi connectivity index (χ1v) is 6.26. The summed E-state index contributed by atoms with van der Waals surface area (Å²) in [6.45, 7) is 0.542. The molecule has 3 aromatic rings. The van der Waals surface area contributed by atoms with Crippen molar-refractivity contribution in [3.63, 3.8) is 0 Å². The zero-order valence-electron chi connectivity index (χ0n) is 11.0. The Morgan fingerprint density at radius 1 is 1.25 bits per heavy atom. The minimum atomic E-state index is -0.351. The third-order valence-corrected chi connectivity index (χ3v) is 3.15. The van der Waals surface area contributed by atoms with E-state index in [1.807, 2.05) is 24.3 Å². The van der Waals surface area contributed by atoms with Gasteiger partial charge in [-0.25, -0.2) is 4.39 Å². The maximum atomic E-state index is 13.6. The first-order valence-electron chi connectivity index (χ1n) is 6.26. The molecule has 0 unspecified atom stereocenters. The molecule has 0 saturated carbocycles. The van der Waals surface area contributed by atoms with Gasteiger partial charge in [0.1, 0.15) is 0 Å². The molecule has 1 aromatic heterocycles. The van der Waals surface area contributed by atoms with Crippen LogP contribution in [-0.4, -0.2) is 17.3 Å². The highest BCUT2D eigenvalue weighted by atomic mass is 19.1. The maximum Gasteiger partial charge on any atom is 0.165 e. The molecule has 2 aromatic carbocycles. The van der Waals surface area contributed by atoms with Crippen molar-refractivity contribution in [2.75, 3.05) is 12.4 Å². The summed E-state index contributed by atoms with van der Waals surface area (Å²) in [5.74, 6) is -0.0940. The van der Waals surface area contributed by atoms with Gasteiger partial charge in [-0.15, -0.1) is 0 Å². The average molecular weight is 271 g/mol. The van der Waals surface area contributed by atoms with Crippen LogP contribution in [0.5, 0.6) is 5.75 Å². The van der Waals surface area contributed by atoms with Gasteiger partial charge in [0.05, 0.1) is 18.8 Å². The van der Waals surface area contributed by atoms with Gasteiger partial charge in [0.15, 0.2) is 11.6 Å². The predicted molar refractivity (Wildman–Crippen MR) is 76.4 cm³/mol. The monoisotopic (exact) mass is 271 g/mol. The summed E-state index contributed by atoms with van der Waals surface area (Å²) in [5, 5.41) is 11.2. The Morgan fingerprint density at radius 3 is 2.95 bits per heavy atom. The normalized spacial score (nSPS) is 10.7. The zero-order chi connectivity index (χ0) is 13.9. The molecule has 0 saturated heterocycles. The van der Waals surface area contributed by atoms with E-state index in [2.05, 4.69) is 15.5 Å². The predicted octanol–water partition coefficient (Wildman–Crippen LogP) is 3.32. The van der Waals surface area contributed by atoms with E-state index < -0.39 is 0 Å². The van der Waals surface area contributed by atoms with Gasteiger partial charge in [0.2, 0.25) is 0 Å². The molecule has 102 valence electrons. The molecule has 0 aliphatic carbocycles. The van der Waals surface area contributed by atoms with Crippen LogP contribution in [0.4, 0.5) is 10.1 Å². The third-order valence-electron chi connectivity index (χ3n) is 3.15. The number of anilines is 1. The summed E-state index contributed by atoms with van der Waals surface area (Å²) in [7, 11) is 1.45. The fourth-order valence-electron chi connectivity index (χ4n) is 2.07. The van der Waals surface area contributed by atoms with Crippen LogP contribution in [0.15, 0.2) is 42.6 Å². The largest absolute Gasteiger partial charge is 0.494 e. The average Bonchev–Trinajstić information content (AvgIpc) is 2.92. The maximum absolute atomic E-state index is 13.6. The first kappa shape index (κ1) is 12.5. The second-order valence-corrected chi connectivity index (χ2v) is 4.49. The van der Waals surface area contributed by atoms with Crippen LogP contribution in [0.3, 0.4) is 0 Å². The molecule has 0 amide bonds. The van der Waals surface area contributed by atoms with E-state index in [9.17, 15) is 4.39 Å². The molecule has 20 heavy (non-hydrogen) atoms. The molecule has 0 bridgehead atoms. The molecule has 0 fully saturated rings. The van der Waals surface area contributed by atoms with E-state index in [4.69, 9.17) is 4.74 Å². The van der Waals surface area contributed by atoms with E-state index in [1.54, 1.807) is 12.3 Å². The lowest BCUT2D eigenvalue weighted by Gasteiger charge is -2.08. The molecule has 0 aliphatic rings. The van der Waals surface area contributed by atoms with Crippen LogP contribution >= 0.6 is 0 Å². The van der Waals surface area contributed by atoms with Crippen molar-refractivity contribution in [2.24, 2.45) is 0 Å². The van der Waals surface area contributed by atoms with Crippen molar-refractivity contribution >= 4 is 16.6 Å². The SMILES string of the molecule is COc1ccc(CNc2ccc3cn[nH]c3c2)cc1F. The Labute approximate surface area is 115 Å². The van der Waals surface area contributed by atoms with Crippen molar-refractivity contribution in [3.05, 3.63) is 54.0 Å². The summed E-state index contributed by atoms with van der Waals surface area (Å²) in [4.78, 5) is 0. The number of halogens is 1. The Kier molecular flexibility index (Phi) is 3.25. The molecule has 0 spiro atoms. The minimum absolute atomic E-state index is 0.257. The fourth-order valence-corrected chi connectivity index (χ4v) is 2.07. The van der Waals surface area contributed by atoms with Gasteiger partial charge in [-0.05, 0) is 35.9 Å². The standard InChI is InChI=1S/C15H14FN3O/c1-20-15-5-2-10(6-13(15)16)8-17-12-4-3-11-9-18-19-14(11)7-12/h2-7,9,17H,8H2,1H3,(H,18,19). The topological polar surface area (TPSA) is 49.9 Å². The quantitative estimate of drug-likeness (QED) is 0.765. The Hall–Kier alpha value is -2.56. The summed E-state index contributed by atoms with van der Waals surface area (Å²) in [6, 6.07) is 10.9. The second-order valence-electron chi connectivity index (χ2n) is 4.49. The van der Waals surface area contributed by atoms with Crippen molar-refractivity contribution in [3.8, 4) is 5.75 Å². The van der Waals surface area contributed by atoms with Crippen LogP contribution in [0.1, 0.15) is 5.56 Å². The van der Waals surface area contributed by atoms with Crippen LogP contribution in [0, 0.1) is 5.82 Å². The number of nitrogens with zero attached hydrogens (tertiary/aromatic N) is 1. The van der Waals surface area contributed by atoms with Gasteiger partial charge in [-0.2, -0.15) is 5.10 Å². The van der Waals surface area contributed by atoms with E-state index >= 15 is 0 Å². The van der Waals surface area contributed by atoms with E-state index in [0.717, 1.165) is 22.2 Å². The zero-order valence-corrected chi connectivity index (χ0v) is 11.0. The molecule has 5 heteroatoms. The summed E-state index contributed by atoms with van der Waals surface area (Å²) < 4.78 is 18.5. The van der Waals surface area contributed by atoms with Crippen molar-refractivity contribution in [1.82, 2.24) is 10.2 Å². The minimum Gasteiger partial charge on any atom is -0.494 e. The summed E-state index contributed by atoms with van der Waals surface area (Å²) >= 11 is 0. The lowest BCUT2D eigenvalue weighted by molar-refractivity contribution is 0.386. The number of aromatic amines is 1. The van der Waals surface area contributed by atoms with Gasteiger partial charge < -0.3 is 10.1 Å². The molecular weight excluding hydrogens is 257 g/mol. The van der Waals surface area contributed by atoms with Crippen LogP contribution in [0.2, 0.25) is 0 Å². The van der Waals surface area contributed by atoms with Crippen molar-refractivity contribution in [1.29, 1.82) is 0 Å². The van der Waals surface area contributed by atoms with Crippen LogP contribution in [0.25, 0.3) is 10.9 Å². The Morgan fingerprint density at radius 2 is 2.15 bits per heavy atom. The molecule has 0 aliphatic heterocycles. The molecule has 2 N–H and O–H groups in total. The lowest BCUT2D eigenvalue weighted by atomic mass is 10.2. The number of methoxy groups -OCH3 is 1. The molecule has 0 radical (unpaired) electrons. The third kappa shape index (κ3) is 2.42. The number of benzene rings is 2. The van der Waals surface area contributed by atoms with Gasteiger partial charge in [-0.3, -0.25) is 5.10 Å². The van der Waals surface area contributed by atoms with E-state index in [1.165, 1.54) is 13.2 Å². The van der Waals surface area contributed by atoms with Gasteiger partial charge in [0, 0.05) is 17.6 Å². The molecule has 3 rings (SSSR count). The molecule has 0 atom stereocenters. The number of hydrogen-bond donors (Lipinski definition) is 2. The number of fused-ring (bicyclic) bond motifs is 1. The van der Waals surface area contributed by atoms with E-state index in [0.29, 0.717) is 6.54 Å². The summed E-state index contributed by atoms with van der Waals surface area (Å²) in [6.07, 6.45) is 1.78. The highest BCUT2D eigenvalue weighted by Gasteiger charge is 2.04. The van der Waals surface area contributed by atoms with Crippen molar-refractivity contribution < 1.29 is 9.13 Å². The van der Waals surface area contributed by atoms with Crippen LogP contribution < -0.4 is 10.1 Å². The molecule has 1 heterocycles. The van der Waals surface area contributed by atoms with Crippen molar-refractivity contribution in [2.45, 2.75) is 6.54 Å². The van der Waals surface area contributed by atoms with E-state index in [-0.39, 0.29) is 11.6 Å². The molecule has 4 nitrogen and oxygen atoms in total. The number of H-pyrrole nitrogens is 1. The lowest BCUT2D eigenvalue weighted by Crippen LogP contribution is -2.00. The summed E-state index contributed by atoms with van der Waals surface area (Å²) in [5.41, 5.74) is 2.78.